The van der Waals surface area contributed by atoms with Crippen LogP contribution in [0.25, 0.3) is 0 Å². The minimum Gasteiger partial charge on any atom is -0.497 e. The van der Waals surface area contributed by atoms with Crippen molar-refractivity contribution >= 4 is 17.4 Å². The number of fused-ring (bicyclic) bond motifs is 1. The van der Waals surface area contributed by atoms with Crippen molar-refractivity contribution in [2.45, 2.75) is 19.0 Å². The molecule has 1 amide bonds. The van der Waals surface area contributed by atoms with Crippen LogP contribution in [0.2, 0.25) is 0 Å². The number of halogens is 3. The molecule has 0 bridgehead atoms. The molecular weight excluding hydrogens is 275 g/mol. The number of hydrogen-bond acceptors (Lipinski definition) is 3. The maximum Gasteiger partial charge on any atom is 0.389 e. The van der Waals surface area contributed by atoms with Crippen molar-refractivity contribution in [3.05, 3.63) is 23.8 Å². The number of alkyl halides is 3. The van der Waals surface area contributed by atoms with Gasteiger partial charge in [0.05, 0.1) is 18.4 Å². The summed E-state index contributed by atoms with van der Waals surface area (Å²) in [4.78, 5) is 24.6. The zero-order chi connectivity index (χ0) is 14.9. The van der Waals surface area contributed by atoms with E-state index in [1.807, 2.05) is 0 Å². The molecule has 1 heterocycles. The zero-order valence-corrected chi connectivity index (χ0v) is 10.7. The molecule has 0 fully saturated rings. The van der Waals surface area contributed by atoms with E-state index in [-0.39, 0.29) is 18.5 Å². The van der Waals surface area contributed by atoms with Gasteiger partial charge in [-0.1, -0.05) is 0 Å². The second-order valence-corrected chi connectivity index (χ2v) is 4.39. The predicted molar refractivity (Wildman–Crippen MR) is 65.0 cm³/mol. The van der Waals surface area contributed by atoms with Gasteiger partial charge in [0.2, 0.25) is 0 Å². The SMILES string of the molecule is COc1ccc2c(c1)N(CCCC(F)(F)F)C(=O)C2=O. The molecule has 2 rings (SSSR count). The fraction of sp³-hybridized carbons (Fsp3) is 0.385. The third-order valence-electron chi connectivity index (χ3n) is 3.02. The first kappa shape index (κ1) is 14.4. The van der Waals surface area contributed by atoms with Gasteiger partial charge in [0.15, 0.2) is 0 Å². The van der Waals surface area contributed by atoms with E-state index < -0.39 is 24.3 Å². The first-order valence-electron chi connectivity index (χ1n) is 5.94. The van der Waals surface area contributed by atoms with Crippen LogP contribution in [0.3, 0.4) is 0 Å². The van der Waals surface area contributed by atoms with Crippen LogP contribution in [0.5, 0.6) is 5.75 Å². The molecule has 1 aromatic rings. The molecule has 1 aromatic carbocycles. The lowest BCUT2D eigenvalue weighted by Gasteiger charge is -2.17. The van der Waals surface area contributed by atoms with Crippen molar-refractivity contribution in [1.82, 2.24) is 0 Å². The van der Waals surface area contributed by atoms with Crippen LogP contribution in [0.15, 0.2) is 18.2 Å². The quantitative estimate of drug-likeness (QED) is 0.800. The lowest BCUT2D eigenvalue weighted by Crippen LogP contribution is -2.31. The highest BCUT2D eigenvalue weighted by molar-refractivity contribution is 6.52. The van der Waals surface area contributed by atoms with Gasteiger partial charge >= 0.3 is 6.18 Å². The Labute approximate surface area is 113 Å². The van der Waals surface area contributed by atoms with Crippen molar-refractivity contribution in [3.63, 3.8) is 0 Å². The number of carbonyl (C=O) groups excluding carboxylic acids is 2. The fourth-order valence-corrected chi connectivity index (χ4v) is 2.06. The van der Waals surface area contributed by atoms with Crippen LogP contribution >= 0.6 is 0 Å². The van der Waals surface area contributed by atoms with Gasteiger partial charge < -0.3 is 9.64 Å². The summed E-state index contributed by atoms with van der Waals surface area (Å²) in [6.07, 6.45) is -5.52. The molecule has 7 heteroatoms. The molecule has 0 aromatic heterocycles. The minimum absolute atomic E-state index is 0.149. The van der Waals surface area contributed by atoms with Crippen LogP contribution < -0.4 is 9.64 Å². The second-order valence-electron chi connectivity index (χ2n) is 4.39. The zero-order valence-electron chi connectivity index (χ0n) is 10.7. The van der Waals surface area contributed by atoms with E-state index in [9.17, 15) is 22.8 Å². The topological polar surface area (TPSA) is 46.6 Å². The van der Waals surface area contributed by atoms with Gasteiger partial charge in [0, 0.05) is 19.0 Å². The van der Waals surface area contributed by atoms with Gasteiger partial charge in [-0.25, -0.2) is 0 Å². The number of amides is 1. The normalized spacial score (nSPS) is 14.7. The molecule has 1 aliphatic heterocycles. The summed E-state index contributed by atoms with van der Waals surface area (Å²) in [6, 6.07) is 4.45. The number of anilines is 1. The monoisotopic (exact) mass is 287 g/mol. The maximum absolute atomic E-state index is 12.1. The lowest BCUT2D eigenvalue weighted by atomic mass is 10.1. The van der Waals surface area contributed by atoms with Crippen molar-refractivity contribution in [2.75, 3.05) is 18.6 Å². The predicted octanol–water partition coefficient (Wildman–Crippen LogP) is 2.57. The Balaban J connectivity index is 2.19. The number of methoxy groups -OCH3 is 1. The molecule has 0 atom stereocenters. The van der Waals surface area contributed by atoms with Crippen LogP contribution in [0.4, 0.5) is 18.9 Å². The number of ether oxygens (including phenoxy) is 1. The molecule has 0 unspecified atom stereocenters. The summed E-state index contributed by atoms with van der Waals surface area (Å²) in [5.41, 5.74) is 0.504. The molecule has 0 radical (unpaired) electrons. The summed E-state index contributed by atoms with van der Waals surface area (Å²) in [7, 11) is 1.42. The number of nitrogens with zero attached hydrogens (tertiary/aromatic N) is 1. The van der Waals surface area contributed by atoms with Gasteiger partial charge in [-0.15, -0.1) is 0 Å². The van der Waals surface area contributed by atoms with Gasteiger partial charge in [-0.05, 0) is 18.6 Å². The van der Waals surface area contributed by atoms with E-state index in [1.54, 1.807) is 0 Å². The van der Waals surface area contributed by atoms with Gasteiger partial charge in [-0.2, -0.15) is 13.2 Å². The van der Waals surface area contributed by atoms with Crippen molar-refractivity contribution in [3.8, 4) is 5.75 Å². The molecule has 4 nitrogen and oxygen atoms in total. The van der Waals surface area contributed by atoms with E-state index in [0.717, 1.165) is 4.90 Å². The minimum atomic E-state index is -4.27. The maximum atomic E-state index is 12.1. The summed E-state index contributed by atoms with van der Waals surface area (Å²) in [5.74, 6) is -1.06. The summed E-state index contributed by atoms with van der Waals surface area (Å²) >= 11 is 0. The molecule has 1 aliphatic rings. The molecular formula is C13H12F3NO3. The molecule has 0 N–H and O–H groups in total. The molecule has 0 spiro atoms. The first-order valence-corrected chi connectivity index (χ1v) is 5.94. The summed E-state index contributed by atoms with van der Waals surface area (Å²) in [6.45, 7) is -0.149. The highest BCUT2D eigenvalue weighted by atomic mass is 19.4. The summed E-state index contributed by atoms with van der Waals surface area (Å²) < 4.78 is 41.4. The number of hydrogen-bond donors (Lipinski definition) is 0. The summed E-state index contributed by atoms with van der Waals surface area (Å²) in [5, 5.41) is 0. The first-order chi connectivity index (χ1) is 9.33. The van der Waals surface area contributed by atoms with Crippen molar-refractivity contribution < 1.29 is 27.5 Å². The van der Waals surface area contributed by atoms with Crippen molar-refractivity contribution in [1.29, 1.82) is 0 Å². The Kier molecular flexibility index (Phi) is 3.69. The average Bonchev–Trinajstić information content (AvgIpc) is 2.62. The molecule has 0 saturated heterocycles. The average molecular weight is 287 g/mol. The standard InChI is InChI=1S/C13H12F3NO3/c1-20-8-3-4-9-10(7-8)17(12(19)11(9)18)6-2-5-13(14,15)16/h3-4,7H,2,5-6H2,1H3. The number of benzene rings is 1. The number of ketones is 1. The van der Waals surface area contributed by atoms with E-state index in [2.05, 4.69) is 0 Å². The Bertz CT molecular complexity index is 554. The molecule has 0 aliphatic carbocycles. The fourth-order valence-electron chi connectivity index (χ4n) is 2.06. The largest absolute Gasteiger partial charge is 0.497 e. The number of Topliss-reactive ketones (excluding diaryl/α,β-unsaturated/α-hetero) is 1. The smallest absolute Gasteiger partial charge is 0.389 e. The van der Waals surface area contributed by atoms with Crippen molar-refractivity contribution in [2.24, 2.45) is 0 Å². The van der Waals surface area contributed by atoms with Gasteiger partial charge in [-0.3, -0.25) is 9.59 Å². The number of carbonyl (C=O) groups is 2. The third kappa shape index (κ3) is 2.76. The van der Waals surface area contributed by atoms with E-state index in [1.165, 1.54) is 25.3 Å². The lowest BCUT2D eigenvalue weighted by molar-refractivity contribution is -0.135. The Morgan fingerprint density at radius 2 is 1.95 bits per heavy atom. The number of rotatable bonds is 4. The molecule has 108 valence electrons. The molecule has 0 saturated carbocycles. The highest BCUT2D eigenvalue weighted by Gasteiger charge is 2.36. The van der Waals surface area contributed by atoms with E-state index >= 15 is 0 Å². The van der Waals surface area contributed by atoms with Crippen LogP contribution in [-0.4, -0.2) is 31.5 Å². The highest BCUT2D eigenvalue weighted by Crippen LogP contribution is 2.33. The Hall–Kier alpha value is -2.05. The van der Waals surface area contributed by atoms with E-state index in [4.69, 9.17) is 4.74 Å². The molecule has 20 heavy (non-hydrogen) atoms. The van der Waals surface area contributed by atoms with Crippen LogP contribution in [0.1, 0.15) is 23.2 Å². The Morgan fingerprint density at radius 1 is 1.25 bits per heavy atom. The third-order valence-corrected chi connectivity index (χ3v) is 3.02. The van der Waals surface area contributed by atoms with Gasteiger partial charge in [0.25, 0.3) is 11.7 Å². The van der Waals surface area contributed by atoms with Crippen LogP contribution in [0, 0.1) is 0 Å². The van der Waals surface area contributed by atoms with Gasteiger partial charge in [0.1, 0.15) is 5.75 Å². The van der Waals surface area contributed by atoms with Crippen LogP contribution in [-0.2, 0) is 4.79 Å². The van der Waals surface area contributed by atoms with E-state index in [0.29, 0.717) is 11.4 Å². The Morgan fingerprint density at radius 3 is 2.55 bits per heavy atom. The second kappa shape index (κ2) is 5.15.